The zero-order valence-corrected chi connectivity index (χ0v) is 16.6. The van der Waals surface area contributed by atoms with Crippen molar-refractivity contribution in [3.05, 3.63) is 60.7 Å². The molecule has 2 aromatic carbocycles. The van der Waals surface area contributed by atoms with E-state index >= 15 is 0 Å². The molecule has 0 bridgehead atoms. The smallest absolute Gasteiger partial charge is 0.232 e. The summed E-state index contributed by atoms with van der Waals surface area (Å²) in [7, 11) is 0. The summed E-state index contributed by atoms with van der Waals surface area (Å²) in [4.78, 5) is 0. The Bertz CT molecular complexity index is 531. The SMILES string of the molecule is S=C(N=Nc1ccccc1)NNc1ccccc1.[Hg]. The molecule has 0 spiro atoms. The van der Waals surface area contributed by atoms with E-state index in [-0.39, 0.29) is 32.8 Å². The maximum Gasteiger partial charge on any atom is 0.232 e. The Morgan fingerprint density at radius 2 is 1.47 bits per heavy atom. The van der Waals surface area contributed by atoms with Crippen LogP contribution in [0.4, 0.5) is 11.4 Å². The molecule has 0 atom stereocenters. The minimum atomic E-state index is 0. The van der Waals surface area contributed by atoms with E-state index in [0.717, 1.165) is 11.4 Å². The molecule has 2 aromatic rings. The fourth-order valence-electron chi connectivity index (χ4n) is 1.27. The van der Waals surface area contributed by atoms with E-state index in [2.05, 4.69) is 21.1 Å². The van der Waals surface area contributed by atoms with Crippen molar-refractivity contribution in [2.45, 2.75) is 0 Å². The first-order valence-corrected chi connectivity index (χ1v) is 5.83. The fraction of sp³-hybridized carbons (Fsp3) is 0. The van der Waals surface area contributed by atoms with Crippen LogP contribution in [0.5, 0.6) is 0 Å². The average molecular weight is 457 g/mol. The zero-order chi connectivity index (χ0) is 12.6. The van der Waals surface area contributed by atoms with Gasteiger partial charge in [-0.2, -0.15) is 0 Å². The number of hydrazine groups is 1. The predicted octanol–water partition coefficient (Wildman–Crippen LogP) is 3.67. The molecule has 0 radical (unpaired) electrons. The van der Waals surface area contributed by atoms with E-state index in [9.17, 15) is 0 Å². The van der Waals surface area contributed by atoms with Crippen molar-refractivity contribution in [2.24, 2.45) is 10.2 Å². The average Bonchev–Trinajstić information content (AvgIpc) is 2.45. The van der Waals surface area contributed by atoms with Crippen LogP contribution in [0.25, 0.3) is 0 Å². The molecule has 0 aliphatic rings. The molecule has 0 aliphatic heterocycles. The van der Waals surface area contributed by atoms with Crippen LogP contribution in [0, 0.1) is 0 Å². The molecular formula is C13H12HgN4S. The van der Waals surface area contributed by atoms with Crippen LogP contribution >= 0.6 is 12.2 Å². The second-order valence-electron chi connectivity index (χ2n) is 3.46. The number of hydrogen-bond donors (Lipinski definition) is 2. The molecule has 0 aromatic heterocycles. The quantitative estimate of drug-likeness (QED) is 0.321. The summed E-state index contributed by atoms with van der Waals surface area (Å²) in [5.74, 6) is 0. The molecule has 0 amide bonds. The maximum absolute atomic E-state index is 5.02. The Morgan fingerprint density at radius 1 is 0.895 bits per heavy atom. The number of nitrogens with one attached hydrogen (secondary N) is 2. The van der Waals surface area contributed by atoms with Gasteiger partial charge in [-0.3, -0.25) is 10.9 Å². The minimum absolute atomic E-state index is 0. The first-order valence-electron chi connectivity index (χ1n) is 5.42. The van der Waals surface area contributed by atoms with Crippen molar-refractivity contribution in [1.29, 1.82) is 0 Å². The third-order valence-electron chi connectivity index (χ3n) is 2.10. The standard InChI is InChI=1S/C13H12N4S.Hg/c18-13(16-14-11-7-3-1-4-8-11)17-15-12-9-5-2-6-10-12;/h1-10,14H,(H,16,18);. The van der Waals surface area contributed by atoms with Gasteiger partial charge in [0.1, 0.15) is 0 Å². The van der Waals surface area contributed by atoms with Crippen LogP contribution in [0.1, 0.15) is 0 Å². The number of benzene rings is 2. The van der Waals surface area contributed by atoms with Gasteiger partial charge in [-0.15, -0.1) is 10.2 Å². The number of nitrogens with zero attached hydrogens (tertiary/aromatic N) is 2. The van der Waals surface area contributed by atoms with E-state index < -0.39 is 0 Å². The molecule has 0 fully saturated rings. The Balaban J connectivity index is 0.00000180. The Labute approximate surface area is 137 Å². The third kappa shape index (κ3) is 5.89. The van der Waals surface area contributed by atoms with Gasteiger partial charge in [0.25, 0.3) is 0 Å². The van der Waals surface area contributed by atoms with Gasteiger partial charge in [-0.1, -0.05) is 36.4 Å². The van der Waals surface area contributed by atoms with Crippen LogP contribution in [0.15, 0.2) is 70.9 Å². The number of azo groups is 1. The van der Waals surface area contributed by atoms with E-state index in [1.165, 1.54) is 0 Å². The van der Waals surface area contributed by atoms with Crippen molar-refractivity contribution in [2.75, 3.05) is 5.43 Å². The van der Waals surface area contributed by atoms with E-state index in [1.54, 1.807) is 0 Å². The number of rotatable bonds is 3. The van der Waals surface area contributed by atoms with E-state index in [0.29, 0.717) is 0 Å². The van der Waals surface area contributed by atoms with Crippen LogP contribution in [-0.4, -0.2) is 5.11 Å². The monoisotopic (exact) mass is 458 g/mol. The summed E-state index contributed by atoms with van der Waals surface area (Å²) < 4.78 is 0. The third-order valence-corrected chi connectivity index (χ3v) is 2.28. The van der Waals surface area contributed by atoms with Gasteiger partial charge in [0.15, 0.2) is 0 Å². The molecule has 0 saturated heterocycles. The van der Waals surface area contributed by atoms with Crippen LogP contribution in [0.2, 0.25) is 0 Å². The molecule has 0 heterocycles. The van der Waals surface area contributed by atoms with Gasteiger partial charge < -0.3 is 0 Å². The number of anilines is 1. The summed E-state index contributed by atoms with van der Waals surface area (Å²) in [6, 6.07) is 19.1. The van der Waals surface area contributed by atoms with Gasteiger partial charge in [-0.05, 0) is 36.5 Å². The molecule has 0 aliphatic carbocycles. The summed E-state index contributed by atoms with van der Waals surface area (Å²) >= 11 is 5.02. The molecule has 92 valence electrons. The van der Waals surface area contributed by atoms with Crippen LogP contribution in [-0.2, 0) is 27.7 Å². The first kappa shape index (κ1) is 15.7. The van der Waals surface area contributed by atoms with Crippen molar-refractivity contribution < 1.29 is 27.7 Å². The Hall–Kier alpha value is -1.33. The summed E-state index contributed by atoms with van der Waals surface area (Å²) in [6.07, 6.45) is 0. The maximum atomic E-state index is 5.02. The molecule has 0 unspecified atom stereocenters. The van der Waals surface area contributed by atoms with E-state index in [4.69, 9.17) is 12.2 Å². The number of thiocarbonyl (C=S) groups is 1. The summed E-state index contributed by atoms with van der Waals surface area (Å²) in [5, 5.41) is 8.17. The Kier molecular flexibility index (Phi) is 7.21. The van der Waals surface area contributed by atoms with Crippen molar-refractivity contribution in [3.8, 4) is 0 Å². The molecule has 19 heavy (non-hydrogen) atoms. The molecule has 0 saturated carbocycles. The van der Waals surface area contributed by atoms with Crippen LogP contribution in [0.3, 0.4) is 0 Å². The minimum Gasteiger partial charge on any atom is -0.299 e. The van der Waals surface area contributed by atoms with Crippen molar-refractivity contribution in [1.82, 2.24) is 5.43 Å². The van der Waals surface area contributed by atoms with Gasteiger partial charge in [0, 0.05) is 27.7 Å². The predicted molar refractivity (Wildman–Crippen MR) is 76.8 cm³/mol. The van der Waals surface area contributed by atoms with Gasteiger partial charge >= 0.3 is 0 Å². The second-order valence-corrected chi connectivity index (χ2v) is 3.84. The number of para-hydroxylation sites is 1. The molecule has 6 heteroatoms. The largest absolute Gasteiger partial charge is 0.299 e. The van der Waals surface area contributed by atoms with E-state index in [1.807, 2.05) is 60.7 Å². The molecular weight excluding hydrogens is 445 g/mol. The molecule has 4 nitrogen and oxygen atoms in total. The van der Waals surface area contributed by atoms with Gasteiger partial charge in [-0.25, -0.2) is 0 Å². The molecule has 2 rings (SSSR count). The van der Waals surface area contributed by atoms with Crippen molar-refractivity contribution in [3.63, 3.8) is 0 Å². The second kappa shape index (κ2) is 8.71. The first-order chi connectivity index (χ1) is 8.84. The normalized spacial score (nSPS) is 9.68. The number of hydrogen-bond acceptors (Lipinski definition) is 3. The fourth-order valence-corrected chi connectivity index (χ4v) is 1.36. The van der Waals surface area contributed by atoms with Crippen molar-refractivity contribution >= 4 is 28.7 Å². The van der Waals surface area contributed by atoms with Gasteiger partial charge in [0.05, 0.1) is 11.4 Å². The van der Waals surface area contributed by atoms with Crippen LogP contribution < -0.4 is 10.9 Å². The zero-order valence-electron chi connectivity index (χ0n) is 10.3. The topological polar surface area (TPSA) is 48.8 Å². The Morgan fingerprint density at radius 3 is 2.11 bits per heavy atom. The molecule has 2 N–H and O–H groups in total. The summed E-state index contributed by atoms with van der Waals surface area (Å²) in [6.45, 7) is 0. The van der Waals surface area contributed by atoms with Gasteiger partial charge in [0.2, 0.25) is 5.11 Å². The summed E-state index contributed by atoms with van der Waals surface area (Å²) in [5.41, 5.74) is 7.40.